The van der Waals surface area contributed by atoms with Gasteiger partial charge in [-0.05, 0) is 106 Å². The van der Waals surface area contributed by atoms with E-state index in [9.17, 15) is 0 Å². The van der Waals surface area contributed by atoms with Crippen LogP contribution in [0.4, 0.5) is 0 Å². The van der Waals surface area contributed by atoms with Crippen LogP contribution in [0.1, 0.15) is 0 Å². The minimum Gasteiger partial charge on any atom is -0.307 e. The van der Waals surface area contributed by atoms with Gasteiger partial charge in [0.1, 0.15) is 0 Å². The monoisotopic (exact) mass is 998 g/mol. The number of para-hydroxylation sites is 3. The smallest absolute Gasteiger partial charge is 0.180 e. The van der Waals surface area contributed by atoms with E-state index < -0.39 is 16.1 Å². The molecular weight excluding hydrogens is 949 g/mol. The van der Waals surface area contributed by atoms with E-state index in [-0.39, 0.29) is 0 Å². The van der Waals surface area contributed by atoms with Crippen molar-refractivity contribution < 1.29 is 0 Å². The van der Waals surface area contributed by atoms with Crippen molar-refractivity contribution >= 4 is 101 Å². The summed E-state index contributed by atoms with van der Waals surface area (Å²) in [6, 6.07) is 114. The lowest BCUT2D eigenvalue weighted by Gasteiger charge is -2.34. The van der Waals surface area contributed by atoms with Gasteiger partial charge in [-0.2, -0.15) is 0 Å². The Kier molecular flexibility index (Phi) is 10.3. The van der Waals surface area contributed by atoms with E-state index in [1.807, 2.05) is 0 Å². The van der Waals surface area contributed by atoms with Crippen LogP contribution in [0.5, 0.6) is 0 Å². The number of nitrogens with zero attached hydrogens (tertiary/aromatic N) is 2. The Bertz CT molecular complexity index is 4350. The van der Waals surface area contributed by atoms with Crippen LogP contribution in [0.3, 0.4) is 0 Å². The van der Waals surface area contributed by atoms with Gasteiger partial charge in [0.05, 0.1) is 27.8 Å². The summed E-state index contributed by atoms with van der Waals surface area (Å²) < 4.78 is 5.04. The van der Waals surface area contributed by atoms with Gasteiger partial charge < -0.3 is 9.13 Å². The lowest BCUT2D eigenvalue weighted by Crippen LogP contribution is -2.74. The molecule has 0 atom stereocenters. The SMILES string of the molecule is c1ccc([Si](c2ccccc2)(c2ccccc2)c2ccc(-n3c4ccccc4c4cccc(-n5c6ccccc6c6c(-c7ccc8c(c7)-c7ccccc7[Si]8(c7ccccc7)c7ccccc7)cccc65)c43)cc2)cc1. The van der Waals surface area contributed by atoms with Crippen molar-refractivity contribution in [3.05, 3.63) is 303 Å². The molecule has 14 aromatic rings. The third-order valence-corrected chi connectivity index (χ3v) is 26.2. The molecule has 0 amide bonds. The Morgan fingerprint density at radius 1 is 0.289 bits per heavy atom. The Morgan fingerprint density at radius 3 is 1.38 bits per heavy atom. The maximum Gasteiger partial charge on any atom is 0.180 e. The summed E-state index contributed by atoms with van der Waals surface area (Å²) in [5.41, 5.74) is 12.1. The Morgan fingerprint density at radius 2 is 0.750 bits per heavy atom. The van der Waals surface area contributed by atoms with E-state index in [4.69, 9.17) is 0 Å². The van der Waals surface area contributed by atoms with Crippen LogP contribution < -0.4 is 41.5 Å². The molecule has 0 radical (unpaired) electrons. The number of aromatic nitrogens is 2. The molecule has 15 rings (SSSR count). The third kappa shape index (κ3) is 6.38. The molecule has 0 saturated heterocycles. The number of hydrogen-bond donors (Lipinski definition) is 0. The van der Waals surface area contributed by atoms with E-state index >= 15 is 0 Å². The molecule has 0 unspecified atom stereocenters. The van der Waals surface area contributed by atoms with Crippen LogP contribution in [0, 0.1) is 0 Å². The van der Waals surface area contributed by atoms with Crippen molar-refractivity contribution in [1.29, 1.82) is 0 Å². The van der Waals surface area contributed by atoms with E-state index in [2.05, 4.69) is 312 Å². The average molecular weight is 999 g/mol. The first-order valence-electron chi connectivity index (χ1n) is 26.4. The summed E-state index contributed by atoms with van der Waals surface area (Å²) in [5, 5.41) is 16.1. The second-order valence-electron chi connectivity index (χ2n) is 20.3. The van der Waals surface area contributed by atoms with Gasteiger partial charge >= 0.3 is 0 Å². The van der Waals surface area contributed by atoms with Crippen molar-refractivity contribution in [2.24, 2.45) is 0 Å². The van der Waals surface area contributed by atoms with Gasteiger partial charge in [-0.1, -0.05) is 261 Å². The third-order valence-electron chi connectivity index (χ3n) is 16.6. The average Bonchev–Trinajstić information content (AvgIpc) is 4.13. The first-order valence-corrected chi connectivity index (χ1v) is 30.4. The van der Waals surface area contributed by atoms with Crippen LogP contribution in [-0.4, -0.2) is 25.3 Å². The van der Waals surface area contributed by atoms with Gasteiger partial charge in [-0.3, -0.25) is 0 Å². The molecule has 0 N–H and O–H groups in total. The maximum atomic E-state index is 2.53. The zero-order valence-electron chi connectivity index (χ0n) is 41.8. The molecule has 2 aromatic heterocycles. The minimum atomic E-state index is -2.74. The molecule has 356 valence electrons. The molecule has 76 heavy (non-hydrogen) atoms. The van der Waals surface area contributed by atoms with Gasteiger partial charge in [-0.15, -0.1) is 0 Å². The zero-order chi connectivity index (χ0) is 50.2. The van der Waals surface area contributed by atoms with Gasteiger partial charge in [0, 0.05) is 27.2 Å². The molecule has 0 bridgehead atoms. The first kappa shape index (κ1) is 44.2. The molecule has 1 aliphatic heterocycles. The van der Waals surface area contributed by atoms with E-state index in [1.165, 1.54) is 107 Å². The molecule has 3 heterocycles. The molecule has 4 heteroatoms. The Labute approximate surface area is 444 Å². The summed E-state index contributed by atoms with van der Waals surface area (Å²) in [5.74, 6) is 0. The molecule has 0 aliphatic carbocycles. The van der Waals surface area contributed by atoms with Gasteiger partial charge in [0.25, 0.3) is 0 Å². The quantitative estimate of drug-likeness (QED) is 0.101. The van der Waals surface area contributed by atoms with Crippen LogP contribution in [-0.2, 0) is 0 Å². The Balaban J connectivity index is 0.940. The number of rotatable bonds is 9. The maximum absolute atomic E-state index is 2.74. The molecule has 2 nitrogen and oxygen atoms in total. The van der Waals surface area contributed by atoms with Crippen molar-refractivity contribution in [2.75, 3.05) is 0 Å². The second-order valence-corrected chi connectivity index (χ2v) is 27.8. The largest absolute Gasteiger partial charge is 0.307 e. The minimum absolute atomic E-state index is 1.13. The fourth-order valence-corrected chi connectivity index (χ4v) is 23.4. The molecule has 0 saturated carbocycles. The summed E-state index contributed by atoms with van der Waals surface area (Å²) >= 11 is 0. The normalized spacial score (nSPS) is 12.8. The molecule has 12 aromatic carbocycles. The van der Waals surface area contributed by atoms with Gasteiger partial charge in [0.15, 0.2) is 16.1 Å². The topological polar surface area (TPSA) is 9.86 Å². The fourth-order valence-electron chi connectivity index (χ4n) is 13.5. The van der Waals surface area contributed by atoms with Crippen molar-refractivity contribution in [3.63, 3.8) is 0 Å². The van der Waals surface area contributed by atoms with Crippen LogP contribution in [0.15, 0.2) is 303 Å². The molecule has 1 aliphatic rings. The van der Waals surface area contributed by atoms with Crippen molar-refractivity contribution in [1.82, 2.24) is 9.13 Å². The first-order chi connectivity index (χ1) is 37.7. The highest BCUT2D eigenvalue weighted by Crippen LogP contribution is 2.43. The molecule has 0 fully saturated rings. The van der Waals surface area contributed by atoms with E-state index in [0.29, 0.717) is 0 Å². The number of fused-ring (bicyclic) bond motifs is 9. The summed E-state index contributed by atoms with van der Waals surface area (Å²) in [6.07, 6.45) is 0. The van der Waals surface area contributed by atoms with Crippen molar-refractivity contribution in [3.8, 4) is 33.6 Å². The molecule has 0 spiro atoms. The molecular formula is C72H50N2Si2. The van der Waals surface area contributed by atoms with Crippen LogP contribution >= 0.6 is 0 Å². The highest BCUT2D eigenvalue weighted by Gasteiger charge is 2.48. The second kappa shape index (κ2) is 17.7. The summed E-state index contributed by atoms with van der Waals surface area (Å²) in [4.78, 5) is 0. The zero-order valence-corrected chi connectivity index (χ0v) is 43.8. The van der Waals surface area contributed by atoms with Crippen LogP contribution in [0.25, 0.3) is 77.2 Å². The van der Waals surface area contributed by atoms with Gasteiger partial charge in [-0.25, -0.2) is 0 Å². The van der Waals surface area contributed by atoms with E-state index in [1.54, 1.807) is 0 Å². The highest BCUT2D eigenvalue weighted by atomic mass is 28.3. The lowest BCUT2D eigenvalue weighted by atomic mass is 9.96. The van der Waals surface area contributed by atoms with E-state index in [0.717, 1.165) is 11.4 Å². The van der Waals surface area contributed by atoms with Crippen molar-refractivity contribution in [2.45, 2.75) is 0 Å². The van der Waals surface area contributed by atoms with Gasteiger partial charge in [0.2, 0.25) is 0 Å². The summed E-state index contributed by atoms with van der Waals surface area (Å²) in [7, 11) is -5.36. The predicted octanol–water partition coefficient (Wildman–Crippen LogP) is 12.3. The lowest BCUT2D eigenvalue weighted by molar-refractivity contribution is 1.13. The number of benzene rings is 12. The number of hydrogen-bond acceptors (Lipinski definition) is 0. The predicted molar refractivity (Wildman–Crippen MR) is 327 cm³/mol. The summed E-state index contributed by atoms with van der Waals surface area (Å²) in [6.45, 7) is 0. The highest BCUT2D eigenvalue weighted by molar-refractivity contribution is 7.22. The fraction of sp³-hybridized carbons (Fsp3) is 0. The Hall–Kier alpha value is -9.33. The van der Waals surface area contributed by atoms with Crippen LogP contribution in [0.2, 0.25) is 0 Å². The standard InChI is InChI=1S/C72H50N2Si2/c1-6-24-53(25-7-1)75(54-26-8-2-9-27-54,55-28-10-3-11-29-55)58-47-45-52(46-48-58)73-65-39-19-16-34-60(65)62-38-23-42-68(72(62)73)74-66-40-20-17-36-63(66)71-59(37-22-41-67(71)74)51-44-49-70-64(50-51)61-35-18-21-43-69(61)76(70,56-30-12-4-13-31-56)57-32-14-5-15-33-57/h1-50H.